The van der Waals surface area contributed by atoms with E-state index >= 15 is 0 Å². The number of hydrogen-bond donors (Lipinski definition) is 1. The molecule has 1 heterocycles. The van der Waals surface area contributed by atoms with Gasteiger partial charge in [0.15, 0.2) is 0 Å². The van der Waals surface area contributed by atoms with E-state index in [2.05, 4.69) is 15.9 Å². The van der Waals surface area contributed by atoms with Crippen molar-refractivity contribution in [3.8, 4) is 0 Å². The number of hydrogen-bond acceptors (Lipinski definition) is 5. The molecule has 114 valence electrons. The Kier molecular flexibility index (Phi) is 5.52. The van der Waals surface area contributed by atoms with Gasteiger partial charge in [-0.05, 0) is 25.1 Å². The summed E-state index contributed by atoms with van der Waals surface area (Å²) < 4.78 is 5.81. The molecule has 1 amide bonds. The second-order valence-corrected chi connectivity index (χ2v) is 6.68. The molecule has 2 rings (SSSR count). The summed E-state index contributed by atoms with van der Waals surface area (Å²) in [4.78, 5) is 26.2. The van der Waals surface area contributed by atoms with Crippen LogP contribution in [0.2, 0.25) is 0 Å². The van der Waals surface area contributed by atoms with E-state index in [0.717, 1.165) is 10.2 Å². The third-order valence-electron chi connectivity index (χ3n) is 3.12. The minimum absolute atomic E-state index is 0.193. The van der Waals surface area contributed by atoms with Crippen LogP contribution in [0.5, 0.6) is 0 Å². The molecule has 1 saturated heterocycles. The van der Waals surface area contributed by atoms with Crippen LogP contribution in [0.4, 0.5) is 5.69 Å². The monoisotopic (exact) mass is 372 g/mol. The molecule has 0 aromatic heterocycles. The van der Waals surface area contributed by atoms with Crippen molar-refractivity contribution in [2.24, 2.45) is 0 Å². The van der Waals surface area contributed by atoms with E-state index in [1.54, 1.807) is 41.8 Å². The summed E-state index contributed by atoms with van der Waals surface area (Å²) >= 11 is 4.98. The quantitative estimate of drug-likeness (QED) is 0.649. The van der Waals surface area contributed by atoms with Gasteiger partial charge < -0.3 is 15.4 Å². The molecule has 0 bridgehead atoms. The predicted octanol–water partition coefficient (Wildman–Crippen LogP) is 2.15. The largest absolute Gasteiger partial charge is 0.464 e. The number of ether oxygens (including phenoxy) is 1. The van der Waals surface area contributed by atoms with Crippen molar-refractivity contribution in [2.45, 2.75) is 13.0 Å². The molecule has 1 aliphatic rings. The Morgan fingerprint density at radius 2 is 2.24 bits per heavy atom. The highest BCUT2D eigenvalue weighted by Crippen LogP contribution is 2.23. The lowest BCUT2D eigenvalue weighted by Gasteiger charge is -2.33. The Bertz CT molecular complexity index is 533. The molecule has 1 fully saturated rings. The van der Waals surface area contributed by atoms with Crippen molar-refractivity contribution in [2.75, 3.05) is 30.4 Å². The molecule has 5 nitrogen and oxygen atoms in total. The molecule has 7 heteroatoms. The first-order valence-corrected chi connectivity index (χ1v) is 8.59. The number of halogens is 1. The second-order valence-electron chi connectivity index (χ2n) is 4.61. The smallest absolute Gasteiger partial charge is 0.329 e. The zero-order valence-electron chi connectivity index (χ0n) is 11.7. The van der Waals surface area contributed by atoms with Crippen LogP contribution in [-0.2, 0) is 9.53 Å². The van der Waals surface area contributed by atoms with E-state index in [1.165, 1.54) is 0 Å². The van der Waals surface area contributed by atoms with Crippen molar-refractivity contribution < 1.29 is 14.3 Å². The number of carbonyl (C=O) groups is 2. The molecule has 1 aromatic rings. The number of nitrogens with two attached hydrogens (primary N) is 1. The van der Waals surface area contributed by atoms with Crippen LogP contribution in [-0.4, -0.2) is 47.5 Å². The number of benzene rings is 1. The highest BCUT2D eigenvalue weighted by atomic mass is 79.9. The number of amides is 1. The van der Waals surface area contributed by atoms with Gasteiger partial charge in [-0.15, -0.1) is 0 Å². The number of rotatable bonds is 3. The number of nitrogen functional groups attached to an aromatic ring is 1. The zero-order chi connectivity index (χ0) is 15.4. The fraction of sp³-hybridized carbons (Fsp3) is 0.429. The third-order valence-corrected chi connectivity index (χ3v) is 4.60. The standard InChI is InChI=1S/C14H17BrN2O3S/c1-2-20-14(19)12-8-21-4-3-17(12)13(18)9-5-10(15)7-11(16)6-9/h5-7,12H,2-4,8,16H2,1H3. The molecule has 0 aliphatic carbocycles. The SMILES string of the molecule is CCOC(=O)C1CSCCN1C(=O)c1cc(N)cc(Br)c1. The van der Waals surface area contributed by atoms with Gasteiger partial charge in [0.05, 0.1) is 6.61 Å². The van der Waals surface area contributed by atoms with Gasteiger partial charge in [-0.1, -0.05) is 15.9 Å². The molecule has 0 radical (unpaired) electrons. The molecular weight excluding hydrogens is 356 g/mol. The van der Waals surface area contributed by atoms with Gasteiger partial charge in [0.25, 0.3) is 5.91 Å². The van der Waals surface area contributed by atoms with Crippen LogP contribution in [0.15, 0.2) is 22.7 Å². The van der Waals surface area contributed by atoms with Gasteiger partial charge in [0.1, 0.15) is 6.04 Å². The van der Waals surface area contributed by atoms with Crippen LogP contribution >= 0.6 is 27.7 Å². The summed E-state index contributed by atoms with van der Waals surface area (Å²) in [5.74, 6) is 0.835. The van der Waals surface area contributed by atoms with Crippen molar-refractivity contribution in [1.29, 1.82) is 0 Å². The van der Waals surface area contributed by atoms with Crippen LogP contribution in [0, 0.1) is 0 Å². The molecule has 21 heavy (non-hydrogen) atoms. The minimum Gasteiger partial charge on any atom is -0.464 e. The molecule has 0 spiro atoms. The lowest BCUT2D eigenvalue weighted by molar-refractivity contribution is -0.147. The van der Waals surface area contributed by atoms with E-state index < -0.39 is 6.04 Å². The van der Waals surface area contributed by atoms with Gasteiger partial charge in [-0.2, -0.15) is 11.8 Å². The first kappa shape index (κ1) is 16.2. The highest BCUT2D eigenvalue weighted by Gasteiger charge is 2.34. The highest BCUT2D eigenvalue weighted by molar-refractivity contribution is 9.10. The van der Waals surface area contributed by atoms with Crippen molar-refractivity contribution >= 4 is 45.3 Å². The molecule has 1 aromatic carbocycles. The third kappa shape index (κ3) is 3.91. The molecule has 1 aliphatic heterocycles. The maximum atomic E-state index is 12.7. The number of nitrogens with zero attached hydrogens (tertiary/aromatic N) is 1. The topological polar surface area (TPSA) is 72.6 Å². The Morgan fingerprint density at radius 1 is 1.48 bits per heavy atom. The Balaban J connectivity index is 2.24. The first-order chi connectivity index (χ1) is 10.0. The van der Waals surface area contributed by atoms with Gasteiger partial charge in [0.2, 0.25) is 0 Å². The fourth-order valence-electron chi connectivity index (χ4n) is 2.18. The van der Waals surface area contributed by atoms with Crippen LogP contribution in [0.25, 0.3) is 0 Å². The summed E-state index contributed by atoms with van der Waals surface area (Å²) in [6.45, 7) is 2.60. The van der Waals surface area contributed by atoms with E-state index in [1.807, 2.05) is 0 Å². The minimum atomic E-state index is -0.531. The summed E-state index contributed by atoms with van der Waals surface area (Å²) in [7, 11) is 0. The van der Waals surface area contributed by atoms with Gasteiger partial charge in [-0.3, -0.25) is 4.79 Å². The number of esters is 1. The number of carbonyl (C=O) groups excluding carboxylic acids is 2. The normalized spacial score (nSPS) is 18.4. The van der Waals surface area contributed by atoms with E-state index in [-0.39, 0.29) is 11.9 Å². The predicted molar refractivity (Wildman–Crippen MR) is 87.3 cm³/mol. The van der Waals surface area contributed by atoms with Crippen molar-refractivity contribution in [3.63, 3.8) is 0 Å². The van der Waals surface area contributed by atoms with Crippen LogP contribution in [0.3, 0.4) is 0 Å². The maximum absolute atomic E-state index is 12.7. The molecule has 2 N–H and O–H groups in total. The Hall–Kier alpha value is -1.21. The summed E-state index contributed by atoms with van der Waals surface area (Å²) in [5, 5.41) is 0. The van der Waals surface area contributed by atoms with Crippen molar-refractivity contribution in [1.82, 2.24) is 4.90 Å². The lowest BCUT2D eigenvalue weighted by Crippen LogP contribution is -2.51. The van der Waals surface area contributed by atoms with E-state index in [4.69, 9.17) is 10.5 Å². The second kappa shape index (κ2) is 7.17. The Labute approximate surface area is 136 Å². The molecule has 1 atom stereocenters. The Morgan fingerprint density at radius 3 is 2.90 bits per heavy atom. The molecular formula is C14H17BrN2O3S. The molecule has 1 unspecified atom stereocenters. The lowest BCUT2D eigenvalue weighted by atomic mass is 10.1. The fourth-order valence-corrected chi connectivity index (χ4v) is 3.72. The number of anilines is 1. The maximum Gasteiger partial charge on any atom is 0.329 e. The average Bonchev–Trinajstić information content (AvgIpc) is 2.45. The van der Waals surface area contributed by atoms with E-state index in [0.29, 0.717) is 30.2 Å². The number of thioether (sulfide) groups is 1. The summed E-state index contributed by atoms with van der Waals surface area (Å²) in [5.41, 5.74) is 6.75. The van der Waals surface area contributed by atoms with Gasteiger partial charge in [0, 0.05) is 33.8 Å². The first-order valence-electron chi connectivity index (χ1n) is 6.64. The van der Waals surface area contributed by atoms with Gasteiger partial charge >= 0.3 is 5.97 Å². The van der Waals surface area contributed by atoms with Crippen molar-refractivity contribution in [3.05, 3.63) is 28.2 Å². The van der Waals surface area contributed by atoms with E-state index in [9.17, 15) is 9.59 Å². The summed E-state index contributed by atoms with van der Waals surface area (Å²) in [6.07, 6.45) is 0. The average molecular weight is 373 g/mol. The van der Waals surface area contributed by atoms with Crippen LogP contribution < -0.4 is 5.73 Å². The van der Waals surface area contributed by atoms with Gasteiger partial charge in [-0.25, -0.2) is 4.79 Å². The molecule has 0 saturated carbocycles. The summed E-state index contributed by atoms with van der Waals surface area (Å²) in [6, 6.07) is 4.53. The zero-order valence-corrected chi connectivity index (χ0v) is 14.1. The van der Waals surface area contributed by atoms with Crippen LogP contribution in [0.1, 0.15) is 17.3 Å².